The number of anilines is 2. The van der Waals surface area contributed by atoms with E-state index in [1.165, 1.54) is 17.4 Å². The van der Waals surface area contributed by atoms with Crippen molar-refractivity contribution in [3.63, 3.8) is 0 Å². The number of aromatic nitrogens is 2. The molecule has 3 rings (SSSR count). The minimum Gasteiger partial charge on any atom is -0.326 e. The van der Waals surface area contributed by atoms with Gasteiger partial charge in [-0.05, 0) is 37.1 Å². The lowest BCUT2D eigenvalue weighted by Crippen LogP contribution is -2.09. The third-order valence-electron chi connectivity index (χ3n) is 3.29. The van der Waals surface area contributed by atoms with Crippen LogP contribution in [0.5, 0.6) is 0 Å². The standard InChI is InChI=1S/C15H12N4O3S/c1-8-6-9(2)12(11(7-8)19(21)22)17-15-18-13(20)10-4-3-5-16-14(10)23-15/h3-7H,1-2H3,(H,17,18,20). The molecule has 0 amide bonds. The van der Waals surface area contributed by atoms with Crippen molar-refractivity contribution in [3.05, 3.63) is 62.1 Å². The van der Waals surface area contributed by atoms with Crippen LogP contribution in [0.1, 0.15) is 11.1 Å². The normalized spacial score (nSPS) is 10.7. The van der Waals surface area contributed by atoms with Crippen LogP contribution in [0.25, 0.3) is 10.2 Å². The van der Waals surface area contributed by atoms with Crippen molar-refractivity contribution < 1.29 is 4.92 Å². The van der Waals surface area contributed by atoms with E-state index >= 15 is 0 Å². The summed E-state index contributed by atoms with van der Waals surface area (Å²) in [7, 11) is 0. The van der Waals surface area contributed by atoms with Crippen molar-refractivity contribution in [1.29, 1.82) is 0 Å². The van der Waals surface area contributed by atoms with E-state index in [1.54, 1.807) is 32.2 Å². The molecular formula is C15H12N4O3S. The Morgan fingerprint density at radius 3 is 2.83 bits per heavy atom. The van der Waals surface area contributed by atoms with Crippen LogP contribution >= 0.6 is 11.3 Å². The van der Waals surface area contributed by atoms with Crippen LogP contribution in [0.15, 0.2) is 35.3 Å². The van der Waals surface area contributed by atoms with Crippen molar-refractivity contribution in [2.75, 3.05) is 5.32 Å². The number of rotatable bonds is 3. The average molecular weight is 328 g/mol. The van der Waals surface area contributed by atoms with E-state index in [9.17, 15) is 14.9 Å². The molecule has 3 aromatic rings. The van der Waals surface area contributed by atoms with Crippen LogP contribution in [0, 0.1) is 24.0 Å². The monoisotopic (exact) mass is 328 g/mol. The highest BCUT2D eigenvalue weighted by Gasteiger charge is 2.18. The number of hydrogen-bond donors (Lipinski definition) is 1. The van der Waals surface area contributed by atoms with Gasteiger partial charge < -0.3 is 5.32 Å². The molecule has 0 saturated carbocycles. The maximum Gasteiger partial charge on any atom is 0.293 e. The smallest absolute Gasteiger partial charge is 0.293 e. The molecular weight excluding hydrogens is 316 g/mol. The Bertz CT molecular complexity index is 984. The minimum absolute atomic E-state index is 0.0509. The number of aryl methyl sites for hydroxylation is 2. The number of nitrogens with zero attached hydrogens (tertiary/aromatic N) is 3. The molecule has 1 N–H and O–H groups in total. The van der Waals surface area contributed by atoms with Crippen LogP contribution in [-0.4, -0.2) is 14.9 Å². The zero-order valence-corrected chi connectivity index (χ0v) is 13.2. The van der Waals surface area contributed by atoms with Gasteiger partial charge in [0.25, 0.3) is 11.2 Å². The molecule has 0 saturated heterocycles. The van der Waals surface area contributed by atoms with E-state index in [0.717, 1.165) is 5.56 Å². The van der Waals surface area contributed by atoms with Gasteiger partial charge in [-0.3, -0.25) is 14.9 Å². The maximum absolute atomic E-state index is 12.0. The lowest BCUT2D eigenvalue weighted by Gasteiger charge is -2.10. The number of nitro benzene ring substituents is 1. The molecule has 0 bridgehead atoms. The number of fused-ring (bicyclic) bond motifs is 1. The highest BCUT2D eigenvalue weighted by atomic mass is 32.1. The molecule has 0 aliphatic heterocycles. The van der Waals surface area contributed by atoms with Gasteiger partial charge in [-0.25, -0.2) is 4.98 Å². The van der Waals surface area contributed by atoms with E-state index in [0.29, 0.717) is 21.5 Å². The van der Waals surface area contributed by atoms with E-state index < -0.39 is 10.5 Å². The summed E-state index contributed by atoms with van der Waals surface area (Å²) < 4.78 is 0. The Kier molecular flexibility index (Phi) is 3.75. The molecule has 23 heavy (non-hydrogen) atoms. The van der Waals surface area contributed by atoms with E-state index in [4.69, 9.17) is 0 Å². The van der Waals surface area contributed by atoms with E-state index in [2.05, 4.69) is 15.3 Å². The first-order valence-electron chi connectivity index (χ1n) is 6.74. The third kappa shape index (κ3) is 2.88. The van der Waals surface area contributed by atoms with E-state index in [1.807, 2.05) is 6.07 Å². The summed E-state index contributed by atoms with van der Waals surface area (Å²) in [5.74, 6) is 0. The second kappa shape index (κ2) is 5.73. The fourth-order valence-corrected chi connectivity index (χ4v) is 3.16. The fraction of sp³-hybridized carbons (Fsp3) is 0.133. The SMILES string of the molecule is Cc1cc(C)c(Nc2nc(=O)c3cccnc3s2)c([N+](=O)[O-])c1. The molecule has 1 aromatic carbocycles. The average Bonchev–Trinajstić information content (AvgIpc) is 2.49. The van der Waals surface area contributed by atoms with Crippen LogP contribution in [0.2, 0.25) is 0 Å². The second-order valence-electron chi connectivity index (χ2n) is 5.04. The van der Waals surface area contributed by atoms with Crippen molar-refractivity contribution in [2.45, 2.75) is 13.8 Å². The largest absolute Gasteiger partial charge is 0.326 e. The van der Waals surface area contributed by atoms with Gasteiger partial charge in [0.1, 0.15) is 10.5 Å². The van der Waals surface area contributed by atoms with Gasteiger partial charge in [-0.2, -0.15) is 4.98 Å². The van der Waals surface area contributed by atoms with Gasteiger partial charge in [0, 0.05) is 12.3 Å². The summed E-state index contributed by atoms with van der Waals surface area (Å²) in [4.78, 5) is 31.5. The van der Waals surface area contributed by atoms with Gasteiger partial charge in [0.05, 0.1) is 10.3 Å². The second-order valence-corrected chi connectivity index (χ2v) is 6.02. The van der Waals surface area contributed by atoms with Crippen molar-refractivity contribution in [3.8, 4) is 0 Å². The molecule has 0 fully saturated rings. The summed E-state index contributed by atoms with van der Waals surface area (Å²) in [6.07, 6.45) is 1.58. The topological polar surface area (TPSA) is 98.0 Å². The van der Waals surface area contributed by atoms with Gasteiger partial charge in [0.15, 0.2) is 5.13 Å². The Hall–Kier alpha value is -2.87. The summed E-state index contributed by atoms with van der Waals surface area (Å²) in [5.41, 5.74) is 1.37. The summed E-state index contributed by atoms with van der Waals surface area (Å²) in [6.45, 7) is 3.56. The quantitative estimate of drug-likeness (QED) is 0.585. The zero-order chi connectivity index (χ0) is 16.6. The number of nitrogens with one attached hydrogen (secondary N) is 1. The van der Waals surface area contributed by atoms with Crippen LogP contribution < -0.4 is 10.9 Å². The number of pyridine rings is 1. The van der Waals surface area contributed by atoms with Crippen molar-refractivity contribution in [2.24, 2.45) is 0 Å². The molecule has 0 aliphatic rings. The first-order valence-corrected chi connectivity index (χ1v) is 7.56. The lowest BCUT2D eigenvalue weighted by molar-refractivity contribution is -0.384. The first-order chi connectivity index (χ1) is 11.0. The first kappa shape index (κ1) is 15.0. The highest BCUT2D eigenvalue weighted by Crippen LogP contribution is 2.33. The Balaban J connectivity index is 2.13. The van der Waals surface area contributed by atoms with E-state index in [-0.39, 0.29) is 10.8 Å². The van der Waals surface area contributed by atoms with Crippen molar-refractivity contribution in [1.82, 2.24) is 9.97 Å². The third-order valence-corrected chi connectivity index (χ3v) is 4.19. The molecule has 0 radical (unpaired) electrons. The molecule has 8 heteroatoms. The van der Waals surface area contributed by atoms with Crippen LogP contribution in [-0.2, 0) is 0 Å². The van der Waals surface area contributed by atoms with Crippen molar-refractivity contribution >= 4 is 38.1 Å². The lowest BCUT2D eigenvalue weighted by atomic mass is 10.1. The molecule has 2 aromatic heterocycles. The Labute approximate surface area is 134 Å². The number of nitro groups is 1. The van der Waals surface area contributed by atoms with Gasteiger partial charge >= 0.3 is 0 Å². The highest BCUT2D eigenvalue weighted by molar-refractivity contribution is 7.21. The van der Waals surface area contributed by atoms with Gasteiger partial charge in [-0.15, -0.1) is 0 Å². The van der Waals surface area contributed by atoms with Crippen LogP contribution in [0.4, 0.5) is 16.5 Å². The zero-order valence-electron chi connectivity index (χ0n) is 12.4. The molecule has 116 valence electrons. The molecule has 0 spiro atoms. The number of benzene rings is 1. The van der Waals surface area contributed by atoms with Crippen LogP contribution in [0.3, 0.4) is 0 Å². The predicted octanol–water partition coefficient (Wildman–Crippen LogP) is 3.32. The predicted molar refractivity (Wildman–Crippen MR) is 89.5 cm³/mol. The Morgan fingerprint density at radius 2 is 2.09 bits per heavy atom. The maximum atomic E-state index is 12.0. The minimum atomic E-state index is -0.454. The molecule has 0 unspecified atom stereocenters. The summed E-state index contributed by atoms with van der Waals surface area (Å²) >= 11 is 1.17. The van der Waals surface area contributed by atoms with Gasteiger partial charge in [0.2, 0.25) is 0 Å². The summed E-state index contributed by atoms with van der Waals surface area (Å²) in [5, 5.41) is 14.9. The molecule has 7 nitrogen and oxygen atoms in total. The summed E-state index contributed by atoms with van der Waals surface area (Å²) in [6, 6.07) is 6.63. The number of hydrogen-bond acceptors (Lipinski definition) is 7. The fourth-order valence-electron chi connectivity index (χ4n) is 2.31. The molecule has 0 aliphatic carbocycles. The Morgan fingerprint density at radius 1 is 1.30 bits per heavy atom. The van der Waals surface area contributed by atoms with Gasteiger partial charge in [-0.1, -0.05) is 17.4 Å². The molecule has 0 atom stereocenters. The molecule has 2 heterocycles.